The Labute approximate surface area is 272 Å². The minimum absolute atomic E-state index is 0.311. The summed E-state index contributed by atoms with van der Waals surface area (Å²) in [6, 6.07) is -0.908. The molecule has 0 bridgehead atoms. The van der Waals surface area contributed by atoms with E-state index < -0.39 is 92.7 Å². The van der Waals surface area contributed by atoms with E-state index in [2.05, 4.69) is 12.2 Å². The fourth-order valence-electron chi connectivity index (χ4n) is 5.67. The van der Waals surface area contributed by atoms with E-state index in [1.807, 2.05) is 6.08 Å². The number of amides is 1. The van der Waals surface area contributed by atoms with Gasteiger partial charge in [-0.2, -0.15) is 0 Å². The standard InChI is InChI=1S/C32H59NO13/c1-3-4-5-6-7-8-9-10-11-12-13-14-15-16-22(37)21(33-20(2)36)19-43-31-29(42)27(40)30(24(18-35)45-31)46-32-28(41)26(39)25(38)23(17-34)44-32/h15-16,21-32,34-35,37-42H,3-14,17-19H2,1-2H3,(H,33,36)/b16-15+. The molecule has 0 spiro atoms. The van der Waals surface area contributed by atoms with E-state index >= 15 is 0 Å². The quantitative estimate of drug-likeness (QED) is 0.0538. The summed E-state index contributed by atoms with van der Waals surface area (Å²) in [5, 5.41) is 84.4. The molecule has 0 saturated carbocycles. The molecule has 2 aliphatic heterocycles. The van der Waals surface area contributed by atoms with Crippen LogP contribution in [0.1, 0.15) is 90.9 Å². The lowest BCUT2D eigenvalue weighted by Gasteiger charge is -2.46. The van der Waals surface area contributed by atoms with Gasteiger partial charge in [0.05, 0.1) is 32.0 Å². The number of rotatable bonds is 22. The normalized spacial score (nSPS) is 33.3. The predicted molar refractivity (Wildman–Crippen MR) is 166 cm³/mol. The van der Waals surface area contributed by atoms with Gasteiger partial charge in [0.2, 0.25) is 5.91 Å². The van der Waals surface area contributed by atoms with Gasteiger partial charge < -0.3 is 65.1 Å². The van der Waals surface area contributed by atoms with Crippen molar-refractivity contribution in [1.29, 1.82) is 0 Å². The molecule has 0 aliphatic carbocycles. The maximum Gasteiger partial charge on any atom is 0.217 e. The average Bonchev–Trinajstić information content (AvgIpc) is 3.04. The van der Waals surface area contributed by atoms with Crippen LogP contribution >= 0.6 is 0 Å². The summed E-state index contributed by atoms with van der Waals surface area (Å²) in [5.74, 6) is -0.419. The molecule has 12 unspecified atom stereocenters. The van der Waals surface area contributed by atoms with E-state index in [-0.39, 0.29) is 6.61 Å². The molecular formula is C32H59NO13. The van der Waals surface area contributed by atoms with Crippen LogP contribution in [0.15, 0.2) is 12.2 Å². The highest BCUT2D eigenvalue weighted by atomic mass is 16.7. The summed E-state index contributed by atoms with van der Waals surface area (Å²) in [4.78, 5) is 11.8. The molecule has 46 heavy (non-hydrogen) atoms. The number of allylic oxidation sites excluding steroid dienone is 1. The lowest BCUT2D eigenvalue weighted by Crippen LogP contribution is -2.65. The number of nitrogens with one attached hydrogen (secondary N) is 1. The Balaban J connectivity index is 1.82. The van der Waals surface area contributed by atoms with Gasteiger partial charge in [0, 0.05) is 6.92 Å². The van der Waals surface area contributed by atoms with Gasteiger partial charge in [0.1, 0.15) is 48.8 Å². The van der Waals surface area contributed by atoms with Crippen molar-refractivity contribution in [3.05, 3.63) is 12.2 Å². The topological polar surface area (TPSA) is 228 Å². The number of hydrogen-bond donors (Lipinski definition) is 9. The summed E-state index contributed by atoms with van der Waals surface area (Å²) in [7, 11) is 0. The molecule has 9 N–H and O–H groups in total. The molecule has 0 aromatic rings. The van der Waals surface area contributed by atoms with Gasteiger partial charge in [-0.25, -0.2) is 0 Å². The lowest BCUT2D eigenvalue weighted by molar-refractivity contribution is -0.359. The van der Waals surface area contributed by atoms with Crippen LogP contribution in [0.5, 0.6) is 0 Å². The van der Waals surface area contributed by atoms with E-state index in [0.717, 1.165) is 19.3 Å². The van der Waals surface area contributed by atoms with Gasteiger partial charge in [-0.1, -0.05) is 83.3 Å². The van der Waals surface area contributed by atoms with Gasteiger partial charge in [-0.05, 0) is 12.8 Å². The van der Waals surface area contributed by atoms with Crippen LogP contribution in [0.2, 0.25) is 0 Å². The molecule has 12 atom stereocenters. The highest BCUT2D eigenvalue weighted by Gasteiger charge is 2.50. The van der Waals surface area contributed by atoms with Gasteiger partial charge in [0.25, 0.3) is 0 Å². The second-order valence-electron chi connectivity index (χ2n) is 12.4. The SMILES string of the molecule is CCCCCCCCCCCCC/C=C/C(O)C(COC1OC(CO)C(OC2OC(CO)C(O)C(O)C2O)C(O)C1O)NC(C)=O. The number of aliphatic hydroxyl groups excluding tert-OH is 8. The molecule has 2 fully saturated rings. The number of unbranched alkanes of at least 4 members (excludes halogenated alkanes) is 11. The maximum absolute atomic E-state index is 11.8. The minimum Gasteiger partial charge on any atom is -0.394 e. The van der Waals surface area contributed by atoms with Crippen molar-refractivity contribution in [1.82, 2.24) is 5.32 Å². The Morgan fingerprint density at radius 3 is 1.87 bits per heavy atom. The molecular weight excluding hydrogens is 606 g/mol. The van der Waals surface area contributed by atoms with Crippen LogP contribution < -0.4 is 5.32 Å². The Kier molecular flexibility index (Phi) is 19.9. The third kappa shape index (κ3) is 13.3. The Bertz CT molecular complexity index is 847. The van der Waals surface area contributed by atoms with Gasteiger partial charge in [-0.15, -0.1) is 0 Å². The van der Waals surface area contributed by atoms with E-state index in [1.54, 1.807) is 6.08 Å². The summed E-state index contributed by atoms with van der Waals surface area (Å²) in [6.07, 6.45) is 0.883. The molecule has 1 amide bonds. The molecule has 0 aromatic carbocycles. The van der Waals surface area contributed by atoms with Crippen molar-refractivity contribution < 1.29 is 64.6 Å². The second kappa shape index (κ2) is 22.4. The lowest BCUT2D eigenvalue weighted by atomic mass is 9.97. The first-order valence-electron chi connectivity index (χ1n) is 16.9. The molecule has 14 heteroatoms. The van der Waals surface area contributed by atoms with Gasteiger partial charge in [-0.3, -0.25) is 4.79 Å². The van der Waals surface area contributed by atoms with Crippen molar-refractivity contribution in [2.24, 2.45) is 0 Å². The highest BCUT2D eigenvalue weighted by molar-refractivity contribution is 5.73. The van der Waals surface area contributed by atoms with Gasteiger partial charge >= 0.3 is 0 Å². The zero-order valence-corrected chi connectivity index (χ0v) is 27.3. The third-order valence-corrected chi connectivity index (χ3v) is 8.51. The fraction of sp³-hybridized carbons (Fsp3) is 0.906. The maximum atomic E-state index is 11.8. The Morgan fingerprint density at radius 1 is 0.761 bits per heavy atom. The number of ether oxygens (including phenoxy) is 4. The molecule has 2 saturated heterocycles. The van der Waals surface area contributed by atoms with Crippen molar-refractivity contribution in [2.45, 2.75) is 164 Å². The average molecular weight is 666 g/mol. The molecule has 14 nitrogen and oxygen atoms in total. The highest BCUT2D eigenvalue weighted by Crippen LogP contribution is 2.29. The van der Waals surface area contributed by atoms with Crippen molar-refractivity contribution in [2.75, 3.05) is 19.8 Å². The van der Waals surface area contributed by atoms with Crippen LogP contribution in [-0.4, -0.2) is 140 Å². The first kappa shape index (κ1) is 40.9. The predicted octanol–water partition coefficient (Wildman–Crippen LogP) is -0.250. The first-order valence-corrected chi connectivity index (χ1v) is 16.9. The second-order valence-corrected chi connectivity index (χ2v) is 12.4. The van der Waals surface area contributed by atoms with Gasteiger partial charge in [0.15, 0.2) is 12.6 Å². The van der Waals surface area contributed by atoms with Crippen molar-refractivity contribution in [3.8, 4) is 0 Å². The molecule has 2 rings (SSSR count). The first-order chi connectivity index (χ1) is 22.0. The van der Waals surface area contributed by atoms with Crippen LogP contribution in [-0.2, 0) is 23.7 Å². The van der Waals surface area contributed by atoms with Crippen LogP contribution in [0.4, 0.5) is 0 Å². The molecule has 2 aliphatic rings. The summed E-state index contributed by atoms with van der Waals surface area (Å²) in [5.41, 5.74) is 0. The molecule has 270 valence electrons. The number of aliphatic hydroxyl groups is 8. The zero-order chi connectivity index (χ0) is 34.1. The van der Waals surface area contributed by atoms with Crippen molar-refractivity contribution >= 4 is 5.91 Å². The zero-order valence-electron chi connectivity index (χ0n) is 27.3. The van der Waals surface area contributed by atoms with E-state index in [0.29, 0.717) is 0 Å². The van der Waals surface area contributed by atoms with Crippen molar-refractivity contribution in [3.63, 3.8) is 0 Å². The molecule has 0 radical (unpaired) electrons. The molecule has 2 heterocycles. The smallest absolute Gasteiger partial charge is 0.217 e. The van der Waals surface area contributed by atoms with E-state index in [4.69, 9.17) is 18.9 Å². The fourth-order valence-corrected chi connectivity index (χ4v) is 5.67. The van der Waals surface area contributed by atoms with Crippen LogP contribution in [0, 0.1) is 0 Å². The third-order valence-electron chi connectivity index (χ3n) is 8.51. The monoisotopic (exact) mass is 665 g/mol. The number of carbonyl (C=O) groups excluding carboxylic acids is 1. The van der Waals surface area contributed by atoms with E-state index in [1.165, 1.54) is 64.7 Å². The Morgan fingerprint density at radius 2 is 1.30 bits per heavy atom. The summed E-state index contributed by atoms with van der Waals surface area (Å²) in [6.45, 7) is 1.78. The number of carbonyl (C=O) groups is 1. The number of hydrogen-bond acceptors (Lipinski definition) is 13. The largest absolute Gasteiger partial charge is 0.394 e. The van der Waals surface area contributed by atoms with E-state index in [9.17, 15) is 45.6 Å². The van der Waals surface area contributed by atoms with Crippen LogP contribution in [0.3, 0.4) is 0 Å². The van der Waals surface area contributed by atoms with Crippen LogP contribution in [0.25, 0.3) is 0 Å². The summed E-state index contributed by atoms with van der Waals surface area (Å²) < 4.78 is 22.1. The summed E-state index contributed by atoms with van der Waals surface area (Å²) >= 11 is 0. The molecule has 0 aromatic heterocycles. The minimum atomic E-state index is -1.78. The Hall–Kier alpha value is -1.27.